The Morgan fingerprint density at radius 2 is 2.14 bits per heavy atom. The van der Waals surface area contributed by atoms with Crippen molar-refractivity contribution < 1.29 is 9.53 Å². The number of rotatable bonds is 8. The summed E-state index contributed by atoms with van der Waals surface area (Å²) in [5, 5.41) is 13.8. The Morgan fingerprint density at radius 3 is 2.82 bits per heavy atom. The fraction of sp³-hybridized carbons (Fsp3) is 0.571. The lowest BCUT2D eigenvalue weighted by Gasteiger charge is -2.18. The number of pyridine rings is 1. The van der Waals surface area contributed by atoms with Gasteiger partial charge in [-0.15, -0.1) is 5.10 Å². The second-order valence-corrected chi connectivity index (χ2v) is 4.73. The Morgan fingerprint density at radius 1 is 1.36 bits per heavy atom. The van der Waals surface area contributed by atoms with E-state index in [-0.39, 0.29) is 0 Å². The second kappa shape index (κ2) is 7.69. The summed E-state index contributed by atoms with van der Waals surface area (Å²) in [5.74, 6) is 0.185. The Labute approximate surface area is 129 Å². The highest BCUT2D eigenvalue weighted by Crippen LogP contribution is 2.20. The second-order valence-electron chi connectivity index (χ2n) is 4.73. The van der Waals surface area contributed by atoms with Crippen molar-refractivity contribution in [1.29, 1.82) is 0 Å². The van der Waals surface area contributed by atoms with Gasteiger partial charge in [-0.3, -0.25) is 5.10 Å². The molecule has 0 aliphatic carbocycles. The number of anilines is 1. The predicted octanol–water partition coefficient (Wildman–Crippen LogP) is 1.28. The SMILES string of the molecule is CCOC(=O)c1cnc(NCCN(CC)CC)c2nn[nH]c12. The number of aromatic nitrogens is 4. The summed E-state index contributed by atoms with van der Waals surface area (Å²) in [6, 6.07) is 0. The van der Waals surface area contributed by atoms with Crippen molar-refractivity contribution in [2.75, 3.05) is 38.1 Å². The first kappa shape index (κ1) is 16.2. The molecule has 8 nitrogen and oxygen atoms in total. The molecule has 0 aliphatic rings. The van der Waals surface area contributed by atoms with Crippen LogP contribution >= 0.6 is 0 Å². The van der Waals surface area contributed by atoms with Crippen LogP contribution in [0.2, 0.25) is 0 Å². The van der Waals surface area contributed by atoms with Crippen molar-refractivity contribution in [3.63, 3.8) is 0 Å². The molecule has 0 radical (unpaired) electrons. The van der Waals surface area contributed by atoms with Gasteiger partial charge in [0.2, 0.25) is 0 Å². The van der Waals surface area contributed by atoms with E-state index < -0.39 is 5.97 Å². The highest BCUT2D eigenvalue weighted by atomic mass is 16.5. The van der Waals surface area contributed by atoms with Crippen LogP contribution in [0, 0.1) is 0 Å². The molecule has 2 heterocycles. The first-order valence-corrected chi connectivity index (χ1v) is 7.54. The highest BCUT2D eigenvalue weighted by Gasteiger charge is 2.17. The summed E-state index contributed by atoms with van der Waals surface area (Å²) >= 11 is 0. The molecule has 0 spiro atoms. The van der Waals surface area contributed by atoms with Gasteiger partial charge in [-0.25, -0.2) is 9.78 Å². The number of hydrogen-bond acceptors (Lipinski definition) is 7. The third-order valence-electron chi connectivity index (χ3n) is 3.48. The fourth-order valence-corrected chi connectivity index (χ4v) is 2.20. The minimum Gasteiger partial charge on any atom is -0.462 e. The molecule has 0 amide bonds. The summed E-state index contributed by atoms with van der Waals surface area (Å²) in [7, 11) is 0. The summed E-state index contributed by atoms with van der Waals surface area (Å²) in [5.41, 5.74) is 1.43. The fourth-order valence-electron chi connectivity index (χ4n) is 2.20. The van der Waals surface area contributed by atoms with E-state index in [4.69, 9.17) is 4.74 Å². The molecule has 2 aromatic heterocycles. The van der Waals surface area contributed by atoms with Crippen LogP contribution in [0.1, 0.15) is 31.1 Å². The number of aromatic amines is 1. The van der Waals surface area contributed by atoms with Crippen LogP contribution in [-0.4, -0.2) is 64.0 Å². The summed E-state index contributed by atoms with van der Waals surface area (Å²) in [6.07, 6.45) is 1.49. The quantitative estimate of drug-likeness (QED) is 0.709. The van der Waals surface area contributed by atoms with Crippen molar-refractivity contribution in [3.8, 4) is 0 Å². The van der Waals surface area contributed by atoms with E-state index >= 15 is 0 Å². The predicted molar refractivity (Wildman–Crippen MR) is 83.9 cm³/mol. The van der Waals surface area contributed by atoms with Gasteiger partial charge in [0.1, 0.15) is 11.1 Å². The third-order valence-corrected chi connectivity index (χ3v) is 3.48. The molecule has 22 heavy (non-hydrogen) atoms. The molecular formula is C14H22N6O2. The van der Waals surface area contributed by atoms with E-state index in [1.807, 2.05) is 0 Å². The average Bonchev–Trinajstić information content (AvgIpc) is 3.01. The summed E-state index contributed by atoms with van der Waals surface area (Å²) < 4.78 is 5.01. The lowest BCUT2D eigenvalue weighted by molar-refractivity contribution is 0.0528. The van der Waals surface area contributed by atoms with E-state index in [0.29, 0.717) is 29.0 Å². The van der Waals surface area contributed by atoms with Crippen molar-refractivity contribution in [2.24, 2.45) is 0 Å². The van der Waals surface area contributed by atoms with E-state index in [9.17, 15) is 4.79 Å². The van der Waals surface area contributed by atoms with E-state index in [0.717, 1.165) is 26.2 Å². The third kappa shape index (κ3) is 3.51. The smallest absolute Gasteiger partial charge is 0.341 e. The number of ether oxygens (including phenoxy) is 1. The van der Waals surface area contributed by atoms with Crippen molar-refractivity contribution in [1.82, 2.24) is 25.3 Å². The molecule has 0 atom stereocenters. The van der Waals surface area contributed by atoms with Gasteiger partial charge in [0.05, 0.1) is 6.61 Å². The van der Waals surface area contributed by atoms with Gasteiger partial charge in [0.15, 0.2) is 11.3 Å². The van der Waals surface area contributed by atoms with Gasteiger partial charge in [-0.05, 0) is 20.0 Å². The minimum atomic E-state index is -0.430. The molecule has 2 N–H and O–H groups in total. The first-order valence-electron chi connectivity index (χ1n) is 7.54. The molecule has 2 rings (SSSR count). The number of hydrogen-bond donors (Lipinski definition) is 2. The molecule has 0 bridgehead atoms. The normalized spacial score (nSPS) is 11.1. The van der Waals surface area contributed by atoms with Crippen LogP contribution in [0.3, 0.4) is 0 Å². The molecule has 0 unspecified atom stereocenters. The molecule has 120 valence electrons. The maximum atomic E-state index is 11.9. The Kier molecular flexibility index (Phi) is 5.65. The molecule has 0 saturated heterocycles. The van der Waals surface area contributed by atoms with E-state index in [2.05, 4.69) is 44.5 Å². The van der Waals surface area contributed by atoms with Crippen LogP contribution in [0.25, 0.3) is 11.0 Å². The zero-order chi connectivity index (χ0) is 15.9. The number of fused-ring (bicyclic) bond motifs is 1. The number of esters is 1. The van der Waals surface area contributed by atoms with Gasteiger partial charge in [-0.1, -0.05) is 19.1 Å². The highest BCUT2D eigenvalue weighted by molar-refractivity contribution is 6.03. The summed E-state index contributed by atoms with van der Waals surface area (Å²) in [6.45, 7) is 10.0. The van der Waals surface area contributed by atoms with Gasteiger partial charge >= 0.3 is 5.97 Å². The number of nitrogens with zero attached hydrogens (tertiary/aromatic N) is 4. The van der Waals surface area contributed by atoms with Gasteiger partial charge in [0, 0.05) is 19.3 Å². The topological polar surface area (TPSA) is 96.0 Å². The zero-order valence-corrected chi connectivity index (χ0v) is 13.2. The zero-order valence-electron chi connectivity index (χ0n) is 13.2. The first-order chi connectivity index (χ1) is 10.7. The number of likely N-dealkylation sites (N-methyl/N-ethyl adjacent to an activating group) is 1. The molecule has 2 aromatic rings. The van der Waals surface area contributed by atoms with Crippen LogP contribution in [0.15, 0.2) is 6.20 Å². The summed E-state index contributed by atoms with van der Waals surface area (Å²) in [4.78, 5) is 18.5. The maximum Gasteiger partial charge on any atom is 0.341 e. The monoisotopic (exact) mass is 306 g/mol. The molecule has 0 aromatic carbocycles. The molecule has 0 fully saturated rings. The van der Waals surface area contributed by atoms with Gasteiger partial charge in [0.25, 0.3) is 0 Å². The number of nitrogens with one attached hydrogen (secondary N) is 2. The van der Waals surface area contributed by atoms with Crippen molar-refractivity contribution in [2.45, 2.75) is 20.8 Å². The lowest BCUT2D eigenvalue weighted by atomic mass is 10.2. The largest absolute Gasteiger partial charge is 0.462 e. The van der Waals surface area contributed by atoms with Crippen LogP contribution in [-0.2, 0) is 4.74 Å². The molecule has 0 saturated carbocycles. The van der Waals surface area contributed by atoms with Crippen molar-refractivity contribution in [3.05, 3.63) is 11.8 Å². The average molecular weight is 306 g/mol. The van der Waals surface area contributed by atoms with Crippen molar-refractivity contribution >= 4 is 22.8 Å². The lowest BCUT2D eigenvalue weighted by Crippen LogP contribution is -2.28. The van der Waals surface area contributed by atoms with E-state index in [1.54, 1.807) is 6.92 Å². The minimum absolute atomic E-state index is 0.311. The molecule has 0 aliphatic heterocycles. The van der Waals surface area contributed by atoms with Crippen LogP contribution in [0.4, 0.5) is 5.82 Å². The van der Waals surface area contributed by atoms with Gasteiger partial charge in [-0.2, -0.15) is 0 Å². The Hall–Kier alpha value is -2.22. The molecular weight excluding hydrogens is 284 g/mol. The standard InChI is InChI=1S/C14H22N6O2/c1-4-20(5-2)8-7-15-13-12-11(17-19-18-12)10(9-16-13)14(21)22-6-3/h9H,4-8H2,1-3H3,(H,15,16)(H,17,18,19). The number of carbonyl (C=O) groups excluding carboxylic acids is 1. The Bertz CT molecular complexity index is 623. The number of H-pyrrole nitrogens is 1. The molecule has 8 heteroatoms. The van der Waals surface area contributed by atoms with Crippen LogP contribution in [0.5, 0.6) is 0 Å². The van der Waals surface area contributed by atoms with E-state index in [1.165, 1.54) is 6.20 Å². The number of carbonyl (C=O) groups is 1. The maximum absolute atomic E-state index is 11.9. The Balaban J connectivity index is 2.14. The van der Waals surface area contributed by atoms with Crippen LogP contribution < -0.4 is 5.32 Å². The van der Waals surface area contributed by atoms with Gasteiger partial charge < -0.3 is 15.0 Å².